The summed E-state index contributed by atoms with van der Waals surface area (Å²) in [7, 11) is 0. The zero-order valence-electron chi connectivity index (χ0n) is 26.4. The second kappa shape index (κ2) is 10.3. The van der Waals surface area contributed by atoms with Gasteiger partial charge in [0.05, 0.1) is 16.4 Å². The quantitative estimate of drug-likeness (QED) is 0.213. The van der Waals surface area contributed by atoms with Crippen molar-refractivity contribution in [2.24, 2.45) is 0 Å². The van der Waals surface area contributed by atoms with E-state index in [0.29, 0.717) is 5.75 Å². The molecule has 0 radical (unpaired) electrons. The smallest absolute Gasteiger partial charge is 0.123 e. The van der Waals surface area contributed by atoms with Crippen molar-refractivity contribution in [1.82, 2.24) is 4.57 Å². The lowest BCUT2D eigenvalue weighted by molar-refractivity contribution is 0.477. The van der Waals surface area contributed by atoms with Gasteiger partial charge >= 0.3 is 0 Å². The minimum Gasteiger partial charge on any atom is -0.507 e. The summed E-state index contributed by atoms with van der Waals surface area (Å²) in [4.78, 5) is 0. The average molecular weight is 604 g/mol. The van der Waals surface area contributed by atoms with Crippen LogP contribution in [0.5, 0.6) is 5.75 Å². The molecule has 7 aromatic carbocycles. The molecule has 9 rings (SSSR count). The standard InChI is InChI=1S/C45H33NO/c1-29-15-21-33(22-16-29)45(34-23-17-30(2)18-24-34)39-12-8-14-43(47)44(39)37-25-19-32(28-40(37)45)31-20-26-42-38(27-31)36-11-6-7-13-41(36)46(42)35-9-4-3-5-10-35/h3-28,47H,1-2H3. The molecule has 1 aromatic heterocycles. The summed E-state index contributed by atoms with van der Waals surface area (Å²) in [5, 5.41) is 13.9. The summed E-state index contributed by atoms with van der Waals surface area (Å²) < 4.78 is 2.36. The lowest BCUT2D eigenvalue weighted by Gasteiger charge is -2.34. The van der Waals surface area contributed by atoms with E-state index in [1.165, 1.54) is 49.6 Å². The van der Waals surface area contributed by atoms with E-state index in [0.717, 1.165) is 33.5 Å². The number of phenols is 1. The van der Waals surface area contributed by atoms with Crippen molar-refractivity contribution >= 4 is 21.8 Å². The fourth-order valence-corrected chi connectivity index (χ4v) is 7.94. The van der Waals surface area contributed by atoms with Gasteiger partial charge in [-0.1, -0.05) is 126 Å². The van der Waals surface area contributed by atoms with E-state index in [1.54, 1.807) is 0 Å². The first-order valence-electron chi connectivity index (χ1n) is 16.2. The summed E-state index contributed by atoms with van der Waals surface area (Å²) in [6.07, 6.45) is 0. The van der Waals surface area contributed by atoms with Crippen LogP contribution in [0.1, 0.15) is 33.4 Å². The van der Waals surface area contributed by atoms with E-state index in [4.69, 9.17) is 0 Å². The van der Waals surface area contributed by atoms with Crippen molar-refractivity contribution in [1.29, 1.82) is 0 Å². The van der Waals surface area contributed by atoms with E-state index in [-0.39, 0.29) is 0 Å². The molecule has 0 saturated heterocycles. The SMILES string of the molecule is Cc1ccc(C2(c3ccc(C)cc3)c3cc(-c4ccc5c(c4)c4ccccc4n5-c4ccccc4)ccc3-c3c(O)cccc32)cc1. The van der Waals surface area contributed by atoms with E-state index in [9.17, 15) is 5.11 Å². The Kier molecular flexibility index (Phi) is 6.04. The number of benzene rings is 7. The second-order valence-corrected chi connectivity index (χ2v) is 12.9. The van der Waals surface area contributed by atoms with Crippen LogP contribution < -0.4 is 0 Å². The number of aromatic hydroxyl groups is 1. The molecule has 0 aliphatic heterocycles. The van der Waals surface area contributed by atoms with Crippen LogP contribution in [0.15, 0.2) is 158 Å². The van der Waals surface area contributed by atoms with Crippen LogP contribution in [0.2, 0.25) is 0 Å². The molecule has 1 aliphatic carbocycles. The van der Waals surface area contributed by atoms with Gasteiger partial charge in [0.2, 0.25) is 0 Å². The van der Waals surface area contributed by atoms with Crippen LogP contribution in [-0.4, -0.2) is 9.67 Å². The van der Waals surface area contributed by atoms with Gasteiger partial charge in [0.15, 0.2) is 0 Å². The molecule has 224 valence electrons. The Morgan fingerprint density at radius 1 is 0.489 bits per heavy atom. The van der Waals surface area contributed by atoms with Crippen molar-refractivity contribution in [3.8, 4) is 33.7 Å². The molecule has 0 spiro atoms. The predicted molar refractivity (Wildman–Crippen MR) is 195 cm³/mol. The van der Waals surface area contributed by atoms with Crippen LogP contribution in [0, 0.1) is 13.8 Å². The summed E-state index contributed by atoms with van der Waals surface area (Å²) in [5.74, 6) is 0.313. The van der Waals surface area contributed by atoms with Gasteiger partial charge in [-0.15, -0.1) is 0 Å². The average Bonchev–Trinajstić information content (AvgIpc) is 3.60. The van der Waals surface area contributed by atoms with Gasteiger partial charge in [-0.25, -0.2) is 0 Å². The first-order valence-corrected chi connectivity index (χ1v) is 16.2. The predicted octanol–water partition coefficient (Wildman–Crippen LogP) is 11.1. The first kappa shape index (κ1) is 27.5. The number of hydrogen-bond acceptors (Lipinski definition) is 1. The lowest BCUT2D eigenvalue weighted by atomic mass is 9.67. The molecule has 47 heavy (non-hydrogen) atoms. The monoisotopic (exact) mass is 603 g/mol. The fraction of sp³-hybridized carbons (Fsp3) is 0.0667. The number of fused-ring (bicyclic) bond motifs is 6. The summed E-state index contributed by atoms with van der Waals surface area (Å²) >= 11 is 0. The highest BCUT2D eigenvalue weighted by atomic mass is 16.3. The molecule has 1 heterocycles. The molecular weight excluding hydrogens is 571 g/mol. The number of nitrogens with zero attached hydrogens (tertiary/aromatic N) is 1. The van der Waals surface area contributed by atoms with Crippen LogP contribution >= 0.6 is 0 Å². The number of rotatable bonds is 4. The number of para-hydroxylation sites is 2. The van der Waals surface area contributed by atoms with Crippen LogP contribution in [0.4, 0.5) is 0 Å². The minimum atomic E-state index is -0.589. The highest BCUT2D eigenvalue weighted by Crippen LogP contribution is 2.59. The van der Waals surface area contributed by atoms with Crippen molar-refractivity contribution in [2.75, 3.05) is 0 Å². The molecule has 1 aliphatic rings. The molecule has 0 atom stereocenters. The maximum Gasteiger partial charge on any atom is 0.123 e. The van der Waals surface area contributed by atoms with Gasteiger partial charge in [0, 0.05) is 22.0 Å². The maximum atomic E-state index is 11.4. The highest BCUT2D eigenvalue weighted by Gasteiger charge is 2.47. The third kappa shape index (κ3) is 3.98. The second-order valence-electron chi connectivity index (χ2n) is 12.9. The summed E-state index contributed by atoms with van der Waals surface area (Å²) in [6, 6.07) is 56.7. The van der Waals surface area contributed by atoms with Crippen molar-refractivity contribution in [2.45, 2.75) is 19.3 Å². The number of hydrogen-bond donors (Lipinski definition) is 1. The van der Waals surface area contributed by atoms with E-state index >= 15 is 0 Å². The Morgan fingerprint density at radius 3 is 1.83 bits per heavy atom. The summed E-state index contributed by atoms with van der Waals surface area (Å²) in [5.41, 5.74) is 14.4. The third-order valence-electron chi connectivity index (χ3n) is 10.1. The highest BCUT2D eigenvalue weighted by molar-refractivity contribution is 6.10. The van der Waals surface area contributed by atoms with Gasteiger partial charge in [-0.2, -0.15) is 0 Å². The maximum absolute atomic E-state index is 11.4. The van der Waals surface area contributed by atoms with Crippen LogP contribution in [0.25, 0.3) is 49.7 Å². The zero-order valence-corrected chi connectivity index (χ0v) is 26.4. The van der Waals surface area contributed by atoms with Gasteiger partial charge < -0.3 is 9.67 Å². The molecule has 0 bridgehead atoms. The minimum absolute atomic E-state index is 0.313. The first-order chi connectivity index (χ1) is 23.0. The largest absolute Gasteiger partial charge is 0.507 e. The topological polar surface area (TPSA) is 25.2 Å². The molecule has 2 heteroatoms. The Balaban J connectivity index is 1.32. The van der Waals surface area contributed by atoms with E-state index in [1.807, 2.05) is 12.1 Å². The fourth-order valence-electron chi connectivity index (χ4n) is 7.94. The van der Waals surface area contributed by atoms with E-state index in [2.05, 4.69) is 164 Å². The molecule has 0 unspecified atom stereocenters. The van der Waals surface area contributed by atoms with Crippen LogP contribution in [0.3, 0.4) is 0 Å². The van der Waals surface area contributed by atoms with Gasteiger partial charge in [0.25, 0.3) is 0 Å². The van der Waals surface area contributed by atoms with Gasteiger partial charge in [-0.3, -0.25) is 0 Å². The number of phenolic OH excluding ortho intramolecular Hbond substituents is 1. The lowest BCUT2D eigenvalue weighted by Crippen LogP contribution is -2.28. The Hall–Kier alpha value is -5.86. The summed E-state index contributed by atoms with van der Waals surface area (Å²) in [6.45, 7) is 4.27. The molecule has 0 saturated carbocycles. The Labute approximate surface area is 274 Å². The molecule has 0 amide bonds. The third-order valence-corrected chi connectivity index (χ3v) is 10.1. The Bertz CT molecular complexity index is 2420. The number of aryl methyl sites for hydroxylation is 2. The molecule has 0 fully saturated rings. The van der Waals surface area contributed by atoms with Crippen molar-refractivity contribution < 1.29 is 5.11 Å². The normalized spacial score (nSPS) is 13.1. The molecule has 8 aromatic rings. The van der Waals surface area contributed by atoms with Crippen LogP contribution in [-0.2, 0) is 5.41 Å². The van der Waals surface area contributed by atoms with Crippen molar-refractivity contribution in [3.63, 3.8) is 0 Å². The molecular formula is C45H33NO. The number of aromatic nitrogens is 1. The Morgan fingerprint density at radius 2 is 1.11 bits per heavy atom. The van der Waals surface area contributed by atoms with Crippen molar-refractivity contribution in [3.05, 3.63) is 191 Å². The van der Waals surface area contributed by atoms with Gasteiger partial charge in [0.1, 0.15) is 5.75 Å². The van der Waals surface area contributed by atoms with Gasteiger partial charge in [-0.05, 0) is 95.3 Å². The molecule has 1 N–H and O–H groups in total. The molecule has 2 nitrogen and oxygen atoms in total. The zero-order chi connectivity index (χ0) is 31.7. The van der Waals surface area contributed by atoms with E-state index < -0.39 is 5.41 Å².